The normalized spacial score (nSPS) is 12.2. The van der Waals surface area contributed by atoms with Crippen molar-refractivity contribution in [3.05, 3.63) is 66.2 Å². The van der Waals surface area contributed by atoms with Gasteiger partial charge in [-0.25, -0.2) is 0 Å². The number of hydrogen-bond acceptors (Lipinski definition) is 5. The molecule has 0 atom stereocenters. The van der Waals surface area contributed by atoms with Crippen LogP contribution in [0.3, 0.4) is 0 Å². The van der Waals surface area contributed by atoms with E-state index in [0.29, 0.717) is 31.7 Å². The summed E-state index contributed by atoms with van der Waals surface area (Å²) in [7, 11) is 0. The van der Waals surface area contributed by atoms with E-state index >= 15 is 0 Å². The van der Waals surface area contributed by atoms with Gasteiger partial charge in [-0.15, -0.1) is 11.3 Å². The second-order valence-electron chi connectivity index (χ2n) is 5.84. The van der Waals surface area contributed by atoms with Crippen LogP contribution in [-0.2, 0) is 6.54 Å². The maximum Gasteiger partial charge on any atom is 0.289 e. The number of thiophene rings is 1. The van der Waals surface area contributed by atoms with Crippen LogP contribution in [0.4, 0.5) is 5.69 Å². The highest BCUT2D eigenvalue weighted by atomic mass is 35.5. The molecule has 0 spiro atoms. The quantitative estimate of drug-likeness (QED) is 0.287. The summed E-state index contributed by atoms with van der Waals surface area (Å²) in [5, 5.41) is 12.5. The zero-order chi connectivity index (χ0) is 20.0. The van der Waals surface area contributed by atoms with Gasteiger partial charge in [0.05, 0.1) is 30.1 Å². The number of amides is 1. The molecule has 0 unspecified atom stereocenters. The maximum atomic E-state index is 12.7. The number of non-ortho nitro benzene ring substituents is 1. The summed E-state index contributed by atoms with van der Waals surface area (Å²) in [6.45, 7) is 2.51. The van der Waals surface area contributed by atoms with E-state index in [0.717, 1.165) is 14.9 Å². The van der Waals surface area contributed by atoms with E-state index in [2.05, 4.69) is 4.99 Å². The summed E-state index contributed by atoms with van der Waals surface area (Å²) >= 11 is 15.1. The third-order valence-electron chi connectivity index (χ3n) is 4.17. The third kappa shape index (κ3) is 3.22. The third-order valence-corrected chi connectivity index (χ3v) is 7.11. The lowest BCUT2D eigenvalue weighted by molar-refractivity contribution is -0.384. The SMILES string of the molecule is CCn1c(=NC(=O)c2cc3cc([N+](=O)[O-])ccc3s2)sc2ccc(Cl)c(Cl)c21. The van der Waals surface area contributed by atoms with Crippen LogP contribution in [0, 0.1) is 10.1 Å². The summed E-state index contributed by atoms with van der Waals surface area (Å²) in [6, 6.07) is 9.72. The van der Waals surface area contributed by atoms with Gasteiger partial charge >= 0.3 is 0 Å². The lowest BCUT2D eigenvalue weighted by Gasteiger charge is -2.03. The standard InChI is InChI=1S/C18H11Cl2N3O3S2/c1-2-22-16-13(6-4-11(19)15(16)20)28-18(22)21-17(24)14-8-9-7-10(23(25)26)3-5-12(9)27-14/h3-8H,2H2,1H3. The molecule has 0 radical (unpaired) electrons. The molecule has 0 fully saturated rings. The summed E-state index contributed by atoms with van der Waals surface area (Å²) < 4.78 is 3.53. The number of nitro groups is 1. The Hall–Kier alpha value is -2.26. The molecule has 6 nitrogen and oxygen atoms in total. The summed E-state index contributed by atoms with van der Waals surface area (Å²) in [5.41, 5.74) is 0.737. The smallest absolute Gasteiger partial charge is 0.289 e. The van der Waals surface area contributed by atoms with E-state index in [1.807, 2.05) is 17.6 Å². The maximum absolute atomic E-state index is 12.7. The van der Waals surface area contributed by atoms with Crippen LogP contribution >= 0.6 is 45.9 Å². The highest BCUT2D eigenvalue weighted by molar-refractivity contribution is 7.21. The zero-order valence-corrected chi connectivity index (χ0v) is 17.5. The molecule has 4 aromatic rings. The predicted octanol–water partition coefficient (Wildman–Crippen LogP) is 5.89. The van der Waals surface area contributed by atoms with Crippen molar-refractivity contribution >= 4 is 77.8 Å². The molecular formula is C18H11Cl2N3O3S2. The number of fused-ring (bicyclic) bond motifs is 2. The van der Waals surface area contributed by atoms with Crippen LogP contribution in [-0.4, -0.2) is 15.4 Å². The Labute approximate surface area is 176 Å². The summed E-state index contributed by atoms with van der Waals surface area (Å²) in [4.78, 5) is 28.4. The van der Waals surface area contributed by atoms with E-state index in [-0.39, 0.29) is 5.69 Å². The van der Waals surface area contributed by atoms with Crippen molar-refractivity contribution in [3.63, 3.8) is 0 Å². The Balaban J connectivity index is 1.83. The van der Waals surface area contributed by atoms with Crippen molar-refractivity contribution < 1.29 is 9.72 Å². The number of nitrogens with zero attached hydrogens (tertiary/aromatic N) is 3. The molecule has 1 amide bonds. The van der Waals surface area contributed by atoms with Gasteiger partial charge in [-0.05, 0) is 31.2 Å². The van der Waals surface area contributed by atoms with Crippen molar-refractivity contribution in [2.75, 3.05) is 0 Å². The highest BCUT2D eigenvalue weighted by Gasteiger charge is 2.15. The fourth-order valence-corrected chi connectivity index (χ4v) is 5.38. The first kappa shape index (κ1) is 19.1. The molecule has 0 saturated carbocycles. The van der Waals surface area contributed by atoms with Crippen LogP contribution in [0.2, 0.25) is 10.0 Å². The Bertz CT molecular complexity index is 1340. The molecule has 4 rings (SSSR count). The Kier molecular flexibility index (Phi) is 4.96. The fourth-order valence-electron chi connectivity index (χ4n) is 2.87. The van der Waals surface area contributed by atoms with Crippen LogP contribution in [0.15, 0.2) is 41.4 Å². The lowest BCUT2D eigenvalue weighted by atomic mass is 10.2. The average molecular weight is 452 g/mol. The number of halogens is 2. The van der Waals surface area contributed by atoms with Crippen LogP contribution < -0.4 is 4.80 Å². The zero-order valence-electron chi connectivity index (χ0n) is 14.3. The van der Waals surface area contributed by atoms with Crippen LogP contribution in [0.5, 0.6) is 0 Å². The molecule has 2 aromatic heterocycles. The van der Waals surface area contributed by atoms with E-state index in [4.69, 9.17) is 23.2 Å². The van der Waals surface area contributed by atoms with E-state index in [1.165, 1.54) is 34.8 Å². The largest absolute Gasteiger partial charge is 0.315 e. The minimum atomic E-state index is -0.459. The molecule has 10 heteroatoms. The second kappa shape index (κ2) is 7.29. The first-order chi connectivity index (χ1) is 13.4. The van der Waals surface area contributed by atoms with E-state index < -0.39 is 10.8 Å². The van der Waals surface area contributed by atoms with Crippen molar-refractivity contribution in [2.24, 2.45) is 4.99 Å². The van der Waals surface area contributed by atoms with Crippen molar-refractivity contribution in [3.8, 4) is 0 Å². The second-order valence-corrected chi connectivity index (χ2v) is 8.72. The number of carbonyl (C=O) groups is 1. The van der Waals surface area contributed by atoms with E-state index in [1.54, 1.807) is 18.2 Å². The van der Waals surface area contributed by atoms with Crippen LogP contribution in [0.25, 0.3) is 20.3 Å². The molecule has 0 aliphatic heterocycles. The molecule has 142 valence electrons. The van der Waals surface area contributed by atoms with Gasteiger partial charge < -0.3 is 4.57 Å². The van der Waals surface area contributed by atoms with Gasteiger partial charge in [0.1, 0.15) is 0 Å². The van der Waals surface area contributed by atoms with Crippen molar-refractivity contribution in [1.82, 2.24) is 4.57 Å². The molecule has 0 aliphatic carbocycles. The molecule has 0 N–H and O–H groups in total. The minimum Gasteiger partial charge on any atom is -0.315 e. The molecule has 2 heterocycles. The number of hydrogen-bond donors (Lipinski definition) is 0. The first-order valence-corrected chi connectivity index (χ1v) is 10.5. The highest BCUT2D eigenvalue weighted by Crippen LogP contribution is 2.32. The summed E-state index contributed by atoms with van der Waals surface area (Å²) in [5.74, 6) is -0.403. The molecular weight excluding hydrogens is 441 g/mol. The minimum absolute atomic E-state index is 0.0129. The van der Waals surface area contributed by atoms with Gasteiger partial charge in [0, 0.05) is 28.8 Å². The Morgan fingerprint density at radius 2 is 1.93 bits per heavy atom. The molecule has 0 bridgehead atoms. The monoisotopic (exact) mass is 451 g/mol. The number of carbonyl (C=O) groups excluding carboxylic acids is 1. The summed E-state index contributed by atoms with van der Waals surface area (Å²) in [6.07, 6.45) is 0. The number of nitro benzene ring substituents is 1. The number of aromatic nitrogens is 1. The lowest BCUT2D eigenvalue weighted by Crippen LogP contribution is -2.15. The first-order valence-electron chi connectivity index (χ1n) is 8.13. The molecule has 0 saturated heterocycles. The average Bonchev–Trinajstić information content (AvgIpc) is 3.25. The number of aryl methyl sites for hydroxylation is 1. The van der Waals surface area contributed by atoms with Gasteiger partial charge in [-0.2, -0.15) is 4.99 Å². The molecule has 28 heavy (non-hydrogen) atoms. The fraction of sp³-hybridized carbons (Fsp3) is 0.111. The van der Waals surface area contributed by atoms with Crippen molar-refractivity contribution in [1.29, 1.82) is 0 Å². The van der Waals surface area contributed by atoms with Gasteiger partial charge in [0.15, 0.2) is 4.80 Å². The van der Waals surface area contributed by atoms with Crippen molar-refractivity contribution in [2.45, 2.75) is 13.5 Å². The van der Waals surface area contributed by atoms with Gasteiger partial charge in [0.2, 0.25) is 0 Å². The Morgan fingerprint density at radius 3 is 2.64 bits per heavy atom. The van der Waals surface area contributed by atoms with Gasteiger partial charge in [-0.3, -0.25) is 14.9 Å². The van der Waals surface area contributed by atoms with E-state index in [9.17, 15) is 14.9 Å². The Morgan fingerprint density at radius 1 is 1.18 bits per heavy atom. The van der Waals surface area contributed by atoms with Crippen LogP contribution in [0.1, 0.15) is 16.6 Å². The number of benzene rings is 2. The topological polar surface area (TPSA) is 77.5 Å². The van der Waals surface area contributed by atoms with Gasteiger partial charge in [0.25, 0.3) is 11.6 Å². The van der Waals surface area contributed by atoms with Gasteiger partial charge in [-0.1, -0.05) is 34.5 Å². The number of thiazole rings is 1. The number of rotatable bonds is 3. The molecule has 2 aromatic carbocycles. The predicted molar refractivity (Wildman–Crippen MR) is 114 cm³/mol. The molecule has 0 aliphatic rings.